The number of carboxylic acids is 2. The van der Waals surface area contributed by atoms with Crippen LogP contribution in [0.1, 0.15) is 67.4 Å². The molecule has 0 aliphatic carbocycles. The first-order valence-corrected chi connectivity index (χ1v) is 17.0. The summed E-state index contributed by atoms with van der Waals surface area (Å²) in [7, 11) is 0. The molecule has 0 fully saturated rings. The Kier molecular flexibility index (Phi) is 14.5. The fraction of sp³-hybridized carbons (Fsp3) is 0.0976. The summed E-state index contributed by atoms with van der Waals surface area (Å²) >= 11 is 0. The molecule has 0 aliphatic rings. The molecule has 6 aromatic rings. The number of esters is 1. The summed E-state index contributed by atoms with van der Waals surface area (Å²) in [6.07, 6.45) is 3.07. The Bertz CT molecular complexity index is 2610. The second-order valence-electron chi connectivity index (χ2n) is 11.6. The van der Waals surface area contributed by atoms with Crippen LogP contribution < -0.4 is 0 Å². The summed E-state index contributed by atoms with van der Waals surface area (Å²) in [6, 6.07) is 27.8. The SMILES string of the molecule is CCOC(=O)c1nn(-c2ccccc2)c(O)c1C=Nc1cc(C#N)ccc1C(=O)O.[C-]#[N+]c1ccc(C(=O)O)c(N=Cc2c(CC)nn(-c3ccccc3)c2O)c1.[Cr]. The zero-order chi connectivity index (χ0) is 41.1. The number of carbonyl (C=O) groups excluding carboxylic acids is 1. The van der Waals surface area contributed by atoms with Crippen LogP contribution in [0.25, 0.3) is 16.2 Å². The number of benzene rings is 4. The molecule has 0 saturated heterocycles. The van der Waals surface area contributed by atoms with Gasteiger partial charge in [0.05, 0.1) is 75.5 Å². The van der Waals surface area contributed by atoms with Gasteiger partial charge in [0.1, 0.15) is 0 Å². The van der Waals surface area contributed by atoms with Gasteiger partial charge in [-0.25, -0.2) is 23.9 Å². The molecule has 2 aromatic heterocycles. The molecule has 4 aromatic carbocycles. The number of hydrogen-bond donors (Lipinski definition) is 4. The summed E-state index contributed by atoms with van der Waals surface area (Å²) < 4.78 is 7.56. The third kappa shape index (κ3) is 9.69. The van der Waals surface area contributed by atoms with E-state index in [0.717, 1.165) is 10.9 Å². The van der Waals surface area contributed by atoms with Gasteiger partial charge in [-0.2, -0.15) is 20.1 Å². The van der Waals surface area contributed by atoms with Crippen LogP contribution in [0.15, 0.2) is 107 Å². The van der Waals surface area contributed by atoms with Crippen molar-refractivity contribution in [2.45, 2.75) is 20.3 Å². The zero-order valence-corrected chi connectivity index (χ0v) is 32.0. The van der Waals surface area contributed by atoms with Crippen LogP contribution in [-0.2, 0) is 28.5 Å². The van der Waals surface area contributed by atoms with Crippen LogP contribution in [0.5, 0.6) is 11.8 Å². The van der Waals surface area contributed by atoms with Crippen molar-refractivity contribution in [2.24, 2.45) is 9.98 Å². The third-order valence-corrected chi connectivity index (χ3v) is 8.04. The largest absolute Gasteiger partial charge is 0.493 e. The Morgan fingerprint density at radius 1 is 0.793 bits per heavy atom. The minimum Gasteiger partial charge on any atom is -0.493 e. The number of aromatic carboxylic acids is 2. The molecular weight excluding hydrogens is 784 g/mol. The maximum atomic E-state index is 12.3. The number of hydrogen-bond acceptors (Lipinski definition) is 11. The van der Waals surface area contributed by atoms with Crippen LogP contribution in [0.3, 0.4) is 0 Å². The Hall–Kier alpha value is -7.84. The van der Waals surface area contributed by atoms with Gasteiger partial charge in [0.2, 0.25) is 11.8 Å². The number of aryl methyl sites for hydroxylation is 1. The van der Waals surface area contributed by atoms with Crippen LogP contribution in [-0.4, -0.2) is 76.9 Å². The first kappa shape index (κ1) is 42.9. The van der Waals surface area contributed by atoms with Crippen LogP contribution >= 0.6 is 0 Å². The average molecular weight is 817 g/mol. The van der Waals surface area contributed by atoms with Gasteiger partial charge >= 0.3 is 17.9 Å². The normalized spacial score (nSPS) is 10.6. The molecule has 0 spiro atoms. The molecule has 16 nitrogen and oxygen atoms in total. The second kappa shape index (κ2) is 19.7. The number of ether oxygens (including phenoxy) is 1. The van der Waals surface area contributed by atoms with E-state index in [9.17, 15) is 34.8 Å². The summed E-state index contributed by atoms with van der Waals surface area (Å²) in [4.78, 5) is 46.8. The third-order valence-electron chi connectivity index (χ3n) is 8.04. The maximum Gasteiger partial charge on any atom is 0.359 e. The number of aromatic hydroxyl groups is 2. The number of nitrogens with zero attached hydrogens (tertiary/aromatic N) is 8. The Morgan fingerprint density at radius 3 is 1.83 bits per heavy atom. The van der Waals surface area contributed by atoms with Crippen molar-refractivity contribution in [2.75, 3.05) is 6.61 Å². The number of aromatic nitrogens is 4. The van der Waals surface area contributed by atoms with E-state index >= 15 is 0 Å². The molecular formula is C41H32CrN8O8. The van der Waals surface area contributed by atoms with E-state index in [0.29, 0.717) is 29.1 Å². The van der Waals surface area contributed by atoms with E-state index in [-0.39, 0.29) is 80.7 Å². The molecule has 290 valence electrons. The van der Waals surface area contributed by atoms with E-state index in [1.165, 1.54) is 47.3 Å². The fourth-order valence-electron chi connectivity index (χ4n) is 5.28. The van der Waals surface area contributed by atoms with Crippen molar-refractivity contribution in [3.05, 3.63) is 148 Å². The van der Waals surface area contributed by atoms with Crippen molar-refractivity contribution in [1.82, 2.24) is 19.6 Å². The Labute approximate surface area is 341 Å². The van der Waals surface area contributed by atoms with Gasteiger partial charge in [-0.1, -0.05) is 55.5 Å². The molecule has 0 bridgehead atoms. The molecule has 0 aliphatic heterocycles. The van der Waals surface area contributed by atoms with Crippen molar-refractivity contribution >= 4 is 47.4 Å². The molecule has 0 radical (unpaired) electrons. The second-order valence-corrected chi connectivity index (χ2v) is 11.6. The van der Waals surface area contributed by atoms with Gasteiger partial charge in [0.25, 0.3) is 0 Å². The molecule has 2 heterocycles. The zero-order valence-electron chi connectivity index (χ0n) is 30.7. The smallest absolute Gasteiger partial charge is 0.359 e. The minimum absolute atomic E-state index is 0. The molecule has 0 saturated carbocycles. The molecule has 4 N–H and O–H groups in total. The van der Waals surface area contributed by atoms with Gasteiger partial charge in [0.15, 0.2) is 11.4 Å². The first-order valence-electron chi connectivity index (χ1n) is 17.0. The van der Waals surface area contributed by atoms with E-state index in [1.807, 2.05) is 43.3 Å². The monoisotopic (exact) mass is 816 g/mol. The summed E-state index contributed by atoms with van der Waals surface area (Å²) in [5.74, 6) is -3.60. The molecule has 0 amide bonds. The average Bonchev–Trinajstić information content (AvgIpc) is 3.74. The first-order chi connectivity index (χ1) is 27.5. The van der Waals surface area contributed by atoms with Crippen LogP contribution in [0.4, 0.5) is 17.1 Å². The van der Waals surface area contributed by atoms with Crippen molar-refractivity contribution in [1.29, 1.82) is 5.26 Å². The molecule has 58 heavy (non-hydrogen) atoms. The van der Waals surface area contributed by atoms with Gasteiger partial charge in [-0.05, 0) is 61.9 Å². The molecule has 0 unspecified atom stereocenters. The fourth-order valence-corrected chi connectivity index (χ4v) is 5.28. The van der Waals surface area contributed by atoms with E-state index < -0.39 is 17.9 Å². The molecule has 0 atom stereocenters. The standard InChI is InChI=1S/C21H16N4O5.C20H16N4O3.Cr/c1-2-30-21(29)18-16(19(26)25(24-18)14-6-4-3-5-7-14)12-23-17-10-13(11-22)8-9-15(17)20(27)28;1-3-17-16(19(25)24(23-17)14-7-5-4-6-8-14)12-22-18-11-13(21-2)9-10-15(18)20(26)27;/h3-10,12,26H,2H2,1H3,(H,27,28);4-12,25H,3H2,1H3,(H,26,27);. The minimum atomic E-state index is -1.23. The quantitative estimate of drug-likeness (QED) is 0.0580. The maximum absolute atomic E-state index is 12.3. The van der Waals surface area contributed by atoms with Gasteiger partial charge in [-0.15, -0.1) is 0 Å². The summed E-state index contributed by atoms with van der Waals surface area (Å²) in [6.45, 7) is 10.7. The van der Waals surface area contributed by atoms with Crippen LogP contribution in [0.2, 0.25) is 0 Å². The topological polar surface area (TPSA) is 230 Å². The number of nitriles is 1. The van der Waals surface area contributed by atoms with Crippen molar-refractivity contribution in [3.63, 3.8) is 0 Å². The Balaban J connectivity index is 0.000000254. The summed E-state index contributed by atoms with van der Waals surface area (Å²) in [5.41, 5.74) is 2.46. The van der Waals surface area contributed by atoms with Crippen molar-refractivity contribution in [3.8, 4) is 29.2 Å². The van der Waals surface area contributed by atoms with E-state index in [4.69, 9.17) is 16.6 Å². The Morgan fingerprint density at radius 2 is 1.31 bits per heavy atom. The predicted octanol–water partition coefficient (Wildman–Crippen LogP) is 7.21. The van der Waals surface area contributed by atoms with Gasteiger partial charge in [-0.3, -0.25) is 9.98 Å². The number of para-hydroxylation sites is 2. The number of carboxylic acid groups (broad SMARTS) is 2. The summed E-state index contributed by atoms with van der Waals surface area (Å²) in [5, 5.41) is 57.5. The van der Waals surface area contributed by atoms with E-state index in [1.54, 1.807) is 37.3 Å². The predicted molar refractivity (Wildman–Crippen MR) is 208 cm³/mol. The molecule has 17 heteroatoms. The van der Waals surface area contributed by atoms with E-state index in [2.05, 4.69) is 25.0 Å². The number of rotatable bonds is 11. The van der Waals surface area contributed by atoms with Gasteiger partial charge < -0.3 is 25.2 Å². The van der Waals surface area contributed by atoms with Gasteiger partial charge in [0, 0.05) is 29.8 Å². The molecule has 6 rings (SSSR count). The number of carbonyl (C=O) groups is 3. The van der Waals surface area contributed by atoms with Crippen LogP contribution in [0, 0.1) is 17.9 Å². The van der Waals surface area contributed by atoms with Crippen molar-refractivity contribution < 1.29 is 56.9 Å². The number of aliphatic imine (C=N–C) groups is 2.